The average Bonchev–Trinajstić information content (AvgIpc) is 2.93. The van der Waals surface area contributed by atoms with E-state index in [1.54, 1.807) is 14.0 Å². The van der Waals surface area contributed by atoms with Crippen molar-refractivity contribution in [1.82, 2.24) is 15.1 Å². The molecule has 2 rings (SSSR count). The van der Waals surface area contributed by atoms with Gasteiger partial charge in [-0.1, -0.05) is 26.0 Å². The van der Waals surface area contributed by atoms with Crippen LogP contribution in [0.2, 0.25) is 0 Å². The summed E-state index contributed by atoms with van der Waals surface area (Å²) < 4.78 is 10.7. The van der Waals surface area contributed by atoms with Gasteiger partial charge in [0, 0.05) is 19.5 Å². The van der Waals surface area contributed by atoms with Gasteiger partial charge in [0.15, 0.2) is 0 Å². The first-order chi connectivity index (χ1) is 11.0. The van der Waals surface area contributed by atoms with Crippen LogP contribution in [-0.4, -0.2) is 40.0 Å². The first-order valence-corrected chi connectivity index (χ1v) is 7.80. The molecule has 0 fully saturated rings. The van der Waals surface area contributed by atoms with Gasteiger partial charge in [0.25, 0.3) is 0 Å². The van der Waals surface area contributed by atoms with Crippen molar-refractivity contribution in [3.63, 3.8) is 0 Å². The van der Waals surface area contributed by atoms with E-state index in [0.29, 0.717) is 30.8 Å². The molecule has 1 atom stereocenters. The van der Waals surface area contributed by atoms with Crippen LogP contribution < -0.4 is 4.74 Å². The summed E-state index contributed by atoms with van der Waals surface area (Å²) in [7, 11) is 1.65. The van der Waals surface area contributed by atoms with Crippen molar-refractivity contribution in [2.45, 2.75) is 39.9 Å². The third-order valence-electron chi connectivity index (χ3n) is 3.88. The van der Waals surface area contributed by atoms with Crippen LogP contribution in [0.3, 0.4) is 0 Å². The average molecular weight is 319 g/mol. The van der Waals surface area contributed by atoms with Gasteiger partial charge in [0.1, 0.15) is 5.75 Å². The molecule has 1 N–H and O–H groups in total. The van der Waals surface area contributed by atoms with Crippen LogP contribution in [-0.2, 0) is 13.1 Å². The highest BCUT2D eigenvalue weighted by atomic mass is 16.5. The molecule has 0 saturated carbocycles. The summed E-state index contributed by atoms with van der Waals surface area (Å²) in [5.41, 5.74) is 1.14. The maximum Gasteiger partial charge on any atom is 0.230 e. The molecular weight excluding hydrogens is 294 g/mol. The number of hydrogen-bond donors (Lipinski definition) is 1. The predicted octanol–water partition coefficient (Wildman–Crippen LogP) is 2.41. The zero-order valence-electron chi connectivity index (χ0n) is 14.2. The molecule has 6 nitrogen and oxygen atoms in total. The quantitative estimate of drug-likeness (QED) is 0.805. The molecule has 0 amide bonds. The summed E-state index contributed by atoms with van der Waals surface area (Å²) in [5.74, 6) is 2.25. The summed E-state index contributed by atoms with van der Waals surface area (Å²) >= 11 is 0. The van der Waals surface area contributed by atoms with Gasteiger partial charge in [-0.25, -0.2) is 0 Å². The standard InChI is InChI=1S/C17H25N3O3/c1-12(2)16(11-21)20(10-17-19-18-13(3)23-17)9-14-5-7-15(22-4)8-6-14/h5-8,12,16,21H,9-11H2,1-4H3/t16-/m1/s1. The third kappa shape index (κ3) is 4.77. The van der Waals surface area contributed by atoms with Gasteiger partial charge in [0.05, 0.1) is 20.3 Å². The van der Waals surface area contributed by atoms with Gasteiger partial charge in [-0.15, -0.1) is 10.2 Å². The van der Waals surface area contributed by atoms with Crippen LogP contribution in [0.25, 0.3) is 0 Å². The minimum atomic E-state index is 0.0179. The van der Waals surface area contributed by atoms with E-state index in [1.165, 1.54) is 0 Å². The molecule has 126 valence electrons. The van der Waals surface area contributed by atoms with Crippen LogP contribution in [0.5, 0.6) is 5.75 Å². The van der Waals surface area contributed by atoms with Crippen LogP contribution >= 0.6 is 0 Å². The van der Waals surface area contributed by atoms with E-state index in [9.17, 15) is 5.11 Å². The molecule has 0 radical (unpaired) electrons. The number of aromatic nitrogens is 2. The fraction of sp³-hybridized carbons (Fsp3) is 0.529. The van der Waals surface area contributed by atoms with Crippen molar-refractivity contribution in [1.29, 1.82) is 0 Å². The van der Waals surface area contributed by atoms with Crippen LogP contribution in [0.4, 0.5) is 0 Å². The van der Waals surface area contributed by atoms with Crippen molar-refractivity contribution in [3.8, 4) is 5.75 Å². The summed E-state index contributed by atoms with van der Waals surface area (Å²) in [6.45, 7) is 7.25. The lowest BCUT2D eigenvalue weighted by Gasteiger charge is -2.32. The molecule has 1 aromatic heterocycles. The van der Waals surface area contributed by atoms with E-state index in [2.05, 4.69) is 28.9 Å². The molecule has 0 aliphatic rings. The van der Waals surface area contributed by atoms with Gasteiger partial charge < -0.3 is 14.3 Å². The van der Waals surface area contributed by atoms with E-state index >= 15 is 0 Å². The minimum absolute atomic E-state index is 0.0179. The maximum atomic E-state index is 9.78. The molecule has 23 heavy (non-hydrogen) atoms. The second-order valence-corrected chi connectivity index (χ2v) is 5.96. The first kappa shape index (κ1) is 17.4. The van der Waals surface area contributed by atoms with E-state index in [4.69, 9.17) is 9.15 Å². The summed E-state index contributed by atoms with van der Waals surface area (Å²) in [6.07, 6.45) is 0. The van der Waals surface area contributed by atoms with Crippen LogP contribution in [0.15, 0.2) is 28.7 Å². The molecule has 1 heterocycles. The van der Waals surface area contributed by atoms with E-state index in [0.717, 1.165) is 11.3 Å². The van der Waals surface area contributed by atoms with Gasteiger partial charge in [-0.3, -0.25) is 4.90 Å². The largest absolute Gasteiger partial charge is 0.497 e. The Hall–Kier alpha value is -1.92. The molecule has 0 spiro atoms. The van der Waals surface area contributed by atoms with Gasteiger partial charge in [-0.05, 0) is 23.6 Å². The Bertz CT molecular complexity index is 595. The van der Waals surface area contributed by atoms with Crippen LogP contribution in [0.1, 0.15) is 31.2 Å². The summed E-state index contributed by atoms with van der Waals surface area (Å²) in [5, 5.41) is 17.7. The zero-order chi connectivity index (χ0) is 16.8. The van der Waals surface area contributed by atoms with Crippen molar-refractivity contribution in [3.05, 3.63) is 41.6 Å². The van der Waals surface area contributed by atoms with Gasteiger partial charge in [0.2, 0.25) is 11.8 Å². The number of ether oxygens (including phenoxy) is 1. The first-order valence-electron chi connectivity index (χ1n) is 7.80. The highest BCUT2D eigenvalue weighted by molar-refractivity contribution is 5.27. The second-order valence-electron chi connectivity index (χ2n) is 5.96. The Morgan fingerprint density at radius 1 is 1.17 bits per heavy atom. The third-order valence-corrected chi connectivity index (χ3v) is 3.88. The number of nitrogens with zero attached hydrogens (tertiary/aromatic N) is 3. The lowest BCUT2D eigenvalue weighted by molar-refractivity contribution is 0.0711. The van der Waals surface area contributed by atoms with Crippen molar-refractivity contribution in [2.75, 3.05) is 13.7 Å². The second kappa shape index (κ2) is 8.08. The fourth-order valence-corrected chi connectivity index (χ4v) is 2.58. The smallest absolute Gasteiger partial charge is 0.230 e. The molecular formula is C17H25N3O3. The molecule has 1 aromatic carbocycles. The van der Waals surface area contributed by atoms with Crippen molar-refractivity contribution >= 4 is 0 Å². The van der Waals surface area contributed by atoms with E-state index in [1.807, 2.05) is 24.3 Å². The number of hydrogen-bond acceptors (Lipinski definition) is 6. The topological polar surface area (TPSA) is 71.6 Å². The SMILES string of the molecule is COc1ccc(CN(Cc2nnc(C)o2)[C@H](CO)C(C)C)cc1. The van der Waals surface area contributed by atoms with Crippen molar-refractivity contribution in [2.24, 2.45) is 5.92 Å². The molecule has 0 unspecified atom stereocenters. The number of rotatable bonds is 8. The van der Waals surface area contributed by atoms with E-state index in [-0.39, 0.29) is 12.6 Å². The Morgan fingerprint density at radius 2 is 1.87 bits per heavy atom. The summed E-state index contributed by atoms with van der Waals surface area (Å²) in [4.78, 5) is 2.17. The van der Waals surface area contributed by atoms with Crippen LogP contribution in [0, 0.1) is 12.8 Å². The monoisotopic (exact) mass is 319 g/mol. The highest BCUT2D eigenvalue weighted by Crippen LogP contribution is 2.19. The minimum Gasteiger partial charge on any atom is -0.497 e. The van der Waals surface area contributed by atoms with Gasteiger partial charge >= 0.3 is 0 Å². The Labute approximate surface area is 137 Å². The number of aryl methyl sites for hydroxylation is 1. The molecule has 0 aliphatic heterocycles. The predicted molar refractivity (Wildman–Crippen MR) is 87.0 cm³/mol. The number of aliphatic hydroxyl groups excluding tert-OH is 1. The lowest BCUT2D eigenvalue weighted by Crippen LogP contribution is -2.40. The highest BCUT2D eigenvalue weighted by Gasteiger charge is 2.23. The van der Waals surface area contributed by atoms with Gasteiger partial charge in [-0.2, -0.15) is 0 Å². The molecule has 6 heteroatoms. The Balaban J connectivity index is 2.17. The Kier molecular flexibility index (Phi) is 6.12. The molecule has 0 saturated heterocycles. The Morgan fingerprint density at radius 3 is 2.35 bits per heavy atom. The number of aliphatic hydroxyl groups is 1. The number of methoxy groups -OCH3 is 1. The molecule has 2 aromatic rings. The molecule has 0 bridgehead atoms. The molecule has 0 aliphatic carbocycles. The number of benzene rings is 1. The maximum absolute atomic E-state index is 9.78. The van der Waals surface area contributed by atoms with E-state index < -0.39 is 0 Å². The lowest BCUT2D eigenvalue weighted by atomic mass is 10.0. The summed E-state index contributed by atoms with van der Waals surface area (Å²) in [6, 6.07) is 7.95. The normalized spacial score (nSPS) is 12.8. The zero-order valence-corrected chi connectivity index (χ0v) is 14.2. The fourth-order valence-electron chi connectivity index (χ4n) is 2.58. The van der Waals surface area contributed by atoms with Crippen molar-refractivity contribution < 1.29 is 14.3 Å².